The zero-order valence-corrected chi connectivity index (χ0v) is 17.1. The molecule has 0 unspecified atom stereocenters. The molecule has 2 fully saturated rings. The van der Waals surface area contributed by atoms with Crippen molar-refractivity contribution in [3.05, 3.63) is 23.8 Å². The number of phenolic OH excluding ortho intramolecular Hbond substituents is 1. The SMILES string of the molecule is CCO[C@H]1CC[C@H](N(c2ccc(O)cc2C=O)C(=O)[C@H]2CC[C@H](C)CC2)CC1. The number of benzene rings is 1. The third kappa shape index (κ3) is 4.75. The van der Waals surface area contributed by atoms with Crippen LogP contribution in [0.25, 0.3) is 0 Å². The second-order valence-electron chi connectivity index (χ2n) is 8.41. The van der Waals surface area contributed by atoms with Crippen molar-refractivity contribution < 1.29 is 19.4 Å². The van der Waals surface area contributed by atoms with Crippen LogP contribution in [-0.2, 0) is 9.53 Å². The van der Waals surface area contributed by atoms with Crippen LogP contribution in [0.2, 0.25) is 0 Å². The van der Waals surface area contributed by atoms with E-state index in [1.807, 2.05) is 11.8 Å². The molecule has 0 heterocycles. The summed E-state index contributed by atoms with van der Waals surface area (Å²) in [5.74, 6) is 0.887. The zero-order valence-electron chi connectivity index (χ0n) is 17.1. The normalized spacial score (nSPS) is 27.9. The number of phenols is 1. The maximum atomic E-state index is 13.6. The molecule has 1 N–H and O–H groups in total. The number of carbonyl (C=O) groups excluding carboxylic acids is 2. The van der Waals surface area contributed by atoms with Gasteiger partial charge in [0.1, 0.15) is 5.75 Å². The summed E-state index contributed by atoms with van der Waals surface area (Å²) in [5.41, 5.74) is 1.01. The van der Waals surface area contributed by atoms with Gasteiger partial charge in [0.2, 0.25) is 5.91 Å². The first kappa shape index (κ1) is 20.8. The van der Waals surface area contributed by atoms with Gasteiger partial charge in [0, 0.05) is 24.1 Å². The number of nitrogens with zero attached hydrogens (tertiary/aromatic N) is 1. The number of amides is 1. The van der Waals surface area contributed by atoms with Crippen LogP contribution in [0.5, 0.6) is 5.75 Å². The van der Waals surface area contributed by atoms with Crippen molar-refractivity contribution in [1.29, 1.82) is 0 Å². The summed E-state index contributed by atoms with van der Waals surface area (Å²) in [6.07, 6.45) is 8.60. The van der Waals surface area contributed by atoms with Crippen molar-refractivity contribution in [2.24, 2.45) is 11.8 Å². The van der Waals surface area contributed by atoms with Gasteiger partial charge in [0.15, 0.2) is 6.29 Å². The quantitative estimate of drug-likeness (QED) is 0.718. The summed E-state index contributed by atoms with van der Waals surface area (Å²) in [4.78, 5) is 27.1. The van der Waals surface area contributed by atoms with E-state index in [9.17, 15) is 14.7 Å². The molecule has 1 amide bonds. The van der Waals surface area contributed by atoms with Crippen molar-refractivity contribution in [3.63, 3.8) is 0 Å². The van der Waals surface area contributed by atoms with Crippen LogP contribution in [-0.4, -0.2) is 36.1 Å². The van der Waals surface area contributed by atoms with Crippen LogP contribution in [0.1, 0.15) is 75.6 Å². The molecule has 28 heavy (non-hydrogen) atoms. The minimum absolute atomic E-state index is 0.0223. The molecule has 5 heteroatoms. The maximum Gasteiger partial charge on any atom is 0.230 e. The maximum absolute atomic E-state index is 13.6. The van der Waals surface area contributed by atoms with Gasteiger partial charge in [-0.1, -0.05) is 6.92 Å². The third-order valence-corrected chi connectivity index (χ3v) is 6.41. The molecular formula is C23H33NO4. The van der Waals surface area contributed by atoms with E-state index in [-0.39, 0.29) is 29.7 Å². The smallest absolute Gasteiger partial charge is 0.230 e. The van der Waals surface area contributed by atoms with Crippen molar-refractivity contribution in [2.75, 3.05) is 11.5 Å². The molecule has 2 saturated carbocycles. The molecule has 0 aliphatic heterocycles. The number of aromatic hydroxyl groups is 1. The molecule has 0 aromatic heterocycles. The summed E-state index contributed by atoms with van der Waals surface area (Å²) in [5, 5.41) is 9.79. The van der Waals surface area contributed by atoms with Crippen molar-refractivity contribution in [1.82, 2.24) is 0 Å². The van der Waals surface area contributed by atoms with E-state index in [2.05, 4.69) is 6.92 Å². The fraction of sp³-hybridized carbons (Fsp3) is 0.652. The molecular weight excluding hydrogens is 354 g/mol. The number of anilines is 1. The number of rotatable bonds is 6. The molecule has 2 aliphatic carbocycles. The lowest BCUT2D eigenvalue weighted by Gasteiger charge is -2.40. The third-order valence-electron chi connectivity index (χ3n) is 6.41. The minimum Gasteiger partial charge on any atom is -0.508 e. The van der Waals surface area contributed by atoms with Gasteiger partial charge in [0.25, 0.3) is 0 Å². The predicted molar refractivity (Wildman–Crippen MR) is 110 cm³/mol. The average Bonchev–Trinajstić information content (AvgIpc) is 2.71. The fourth-order valence-electron chi connectivity index (χ4n) is 4.76. The molecule has 2 aliphatic rings. The van der Waals surface area contributed by atoms with Crippen molar-refractivity contribution in [3.8, 4) is 5.75 Å². The van der Waals surface area contributed by atoms with Crippen LogP contribution >= 0.6 is 0 Å². The lowest BCUT2D eigenvalue weighted by atomic mass is 9.81. The Kier molecular flexibility index (Phi) is 7.11. The summed E-state index contributed by atoms with van der Waals surface area (Å²) in [6, 6.07) is 4.82. The number of hydrogen-bond donors (Lipinski definition) is 1. The van der Waals surface area contributed by atoms with Crippen LogP contribution < -0.4 is 4.90 Å². The van der Waals surface area contributed by atoms with Gasteiger partial charge in [0.05, 0.1) is 11.8 Å². The molecule has 0 bridgehead atoms. The van der Waals surface area contributed by atoms with E-state index in [0.717, 1.165) is 57.7 Å². The Labute approximate surface area is 168 Å². The van der Waals surface area contributed by atoms with E-state index in [0.29, 0.717) is 23.8 Å². The van der Waals surface area contributed by atoms with E-state index < -0.39 is 0 Å². The molecule has 1 aromatic rings. The molecule has 0 spiro atoms. The first-order valence-electron chi connectivity index (χ1n) is 10.8. The lowest BCUT2D eigenvalue weighted by molar-refractivity contribution is -0.124. The molecule has 154 valence electrons. The van der Waals surface area contributed by atoms with E-state index in [4.69, 9.17) is 4.74 Å². The lowest BCUT2D eigenvalue weighted by Crippen LogP contribution is -2.47. The Hall–Kier alpha value is -1.88. The molecule has 3 rings (SSSR count). The number of hydrogen-bond acceptors (Lipinski definition) is 4. The Morgan fingerprint density at radius 1 is 1.14 bits per heavy atom. The Morgan fingerprint density at radius 2 is 1.82 bits per heavy atom. The van der Waals surface area contributed by atoms with E-state index in [1.165, 1.54) is 6.07 Å². The highest BCUT2D eigenvalue weighted by Crippen LogP contribution is 2.36. The van der Waals surface area contributed by atoms with Gasteiger partial charge in [-0.2, -0.15) is 0 Å². The monoisotopic (exact) mass is 387 g/mol. The number of carbonyl (C=O) groups is 2. The summed E-state index contributed by atoms with van der Waals surface area (Å²) < 4.78 is 5.77. The second-order valence-corrected chi connectivity index (χ2v) is 8.41. The molecule has 0 atom stereocenters. The van der Waals surface area contributed by atoms with Gasteiger partial charge in [-0.3, -0.25) is 9.59 Å². The van der Waals surface area contributed by atoms with Gasteiger partial charge in [-0.05, 0) is 82.4 Å². The molecule has 1 aromatic carbocycles. The van der Waals surface area contributed by atoms with Crippen LogP contribution in [0.15, 0.2) is 18.2 Å². The highest BCUT2D eigenvalue weighted by molar-refractivity contribution is 6.00. The highest BCUT2D eigenvalue weighted by atomic mass is 16.5. The van der Waals surface area contributed by atoms with Crippen LogP contribution in [0.3, 0.4) is 0 Å². The summed E-state index contributed by atoms with van der Waals surface area (Å²) >= 11 is 0. The van der Waals surface area contributed by atoms with Gasteiger partial charge < -0.3 is 14.7 Å². The highest BCUT2D eigenvalue weighted by Gasteiger charge is 2.36. The van der Waals surface area contributed by atoms with Crippen molar-refractivity contribution >= 4 is 17.9 Å². The topological polar surface area (TPSA) is 66.8 Å². The number of ether oxygens (including phenoxy) is 1. The standard InChI is InChI=1S/C23H33NO4/c1-3-28-21-11-8-19(9-12-21)24(22-13-10-20(26)14-18(22)15-25)23(27)17-6-4-16(2)5-7-17/h10,13-17,19,21,26H,3-9,11-12H2,1-2H3/t16-,17-,19-,21-. The Morgan fingerprint density at radius 3 is 2.43 bits per heavy atom. The summed E-state index contributed by atoms with van der Waals surface area (Å²) in [6.45, 7) is 4.97. The van der Waals surface area contributed by atoms with Crippen molar-refractivity contribution in [2.45, 2.75) is 77.4 Å². The van der Waals surface area contributed by atoms with Crippen LogP contribution in [0, 0.1) is 11.8 Å². The predicted octanol–water partition coefficient (Wildman–Crippen LogP) is 4.71. The first-order chi connectivity index (χ1) is 13.5. The Balaban J connectivity index is 1.86. The minimum atomic E-state index is 0.0223. The van der Waals surface area contributed by atoms with Gasteiger partial charge in [-0.25, -0.2) is 0 Å². The molecule has 0 radical (unpaired) electrons. The molecule has 0 saturated heterocycles. The van der Waals surface area contributed by atoms with E-state index in [1.54, 1.807) is 12.1 Å². The largest absolute Gasteiger partial charge is 0.508 e. The zero-order chi connectivity index (χ0) is 20.1. The van der Waals surface area contributed by atoms with Gasteiger partial charge in [-0.15, -0.1) is 0 Å². The summed E-state index contributed by atoms with van der Waals surface area (Å²) in [7, 11) is 0. The van der Waals surface area contributed by atoms with Gasteiger partial charge >= 0.3 is 0 Å². The van der Waals surface area contributed by atoms with E-state index >= 15 is 0 Å². The van der Waals surface area contributed by atoms with Crippen LogP contribution in [0.4, 0.5) is 5.69 Å². The fourth-order valence-corrected chi connectivity index (χ4v) is 4.76. The first-order valence-corrected chi connectivity index (χ1v) is 10.8. The Bertz CT molecular complexity index is 673. The molecule has 5 nitrogen and oxygen atoms in total. The number of aldehydes is 1. The second kappa shape index (κ2) is 9.55. The average molecular weight is 388 g/mol.